The van der Waals surface area contributed by atoms with Gasteiger partial charge in [-0.3, -0.25) is 40.7 Å². The van der Waals surface area contributed by atoms with E-state index in [0.29, 0.717) is 10.8 Å². The number of aryl methyl sites for hydroxylation is 1. The molecule has 0 fully saturated rings. The molecule has 11 heteroatoms. The summed E-state index contributed by atoms with van der Waals surface area (Å²) in [7, 11) is 0. The fraction of sp³-hybridized carbons (Fsp3) is 0.294. The molecule has 1 heterocycles. The van der Waals surface area contributed by atoms with Crippen molar-refractivity contribution in [3.8, 4) is 0 Å². The third-order valence-electron chi connectivity index (χ3n) is 4.43. The van der Waals surface area contributed by atoms with Crippen LogP contribution in [-0.4, -0.2) is 21.7 Å². The highest BCUT2D eigenvalue weighted by Gasteiger charge is 2.22. The Morgan fingerprint density at radius 3 is 2.25 bits per heavy atom. The molecule has 3 rings (SSSR count). The van der Waals surface area contributed by atoms with E-state index in [9.17, 15) is 29.8 Å². The smallest absolute Gasteiger partial charge is 0.267 e. The van der Waals surface area contributed by atoms with Crippen LogP contribution in [0.1, 0.15) is 43.8 Å². The van der Waals surface area contributed by atoms with Crippen LogP contribution in [0.4, 0.5) is 11.4 Å². The predicted octanol–water partition coefficient (Wildman–Crippen LogP) is 2.76. The molecular weight excluding hydrogens is 388 g/mol. The first kappa shape index (κ1) is 19.4. The van der Waals surface area contributed by atoms with Gasteiger partial charge < -0.3 is 0 Å². The summed E-state index contributed by atoms with van der Waals surface area (Å²) in [6, 6.07) is 4.36. The van der Waals surface area contributed by atoms with Gasteiger partial charge in [-0.2, -0.15) is 0 Å². The summed E-state index contributed by atoms with van der Waals surface area (Å²) < 4.78 is 0. The van der Waals surface area contributed by atoms with Crippen molar-refractivity contribution < 1.29 is 19.4 Å². The van der Waals surface area contributed by atoms with Gasteiger partial charge in [0.1, 0.15) is 0 Å². The molecule has 2 amide bonds. The van der Waals surface area contributed by atoms with Crippen molar-refractivity contribution in [1.29, 1.82) is 0 Å². The Kier molecular flexibility index (Phi) is 5.36. The second-order valence-corrected chi connectivity index (χ2v) is 7.70. The van der Waals surface area contributed by atoms with E-state index >= 15 is 0 Å². The molecule has 0 spiro atoms. The molecule has 1 aromatic heterocycles. The van der Waals surface area contributed by atoms with Crippen molar-refractivity contribution in [3.05, 3.63) is 65.4 Å². The van der Waals surface area contributed by atoms with Gasteiger partial charge in [-0.15, -0.1) is 11.3 Å². The minimum Gasteiger partial charge on any atom is -0.267 e. The molecule has 0 saturated heterocycles. The highest BCUT2D eigenvalue weighted by Crippen LogP contribution is 2.32. The molecule has 0 saturated carbocycles. The lowest BCUT2D eigenvalue weighted by Gasteiger charge is -2.16. The monoisotopic (exact) mass is 404 g/mol. The minimum atomic E-state index is -0.893. The zero-order valence-corrected chi connectivity index (χ0v) is 15.6. The normalized spacial score (nSPS) is 15.4. The van der Waals surface area contributed by atoms with Crippen LogP contribution >= 0.6 is 11.3 Å². The van der Waals surface area contributed by atoms with Crippen molar-refractivity contribution in [2.45, 2.75) is 26.2 Å². The SMILES string of the molecule is C[C@H]1CCc2sc(C(=O)NNC(=O)c3cc([N+](=O)[O-])cc([N+](=O)[O-])c3)cc2C1. The number of rotatable bonds is 4. The quantitative estimate of drug-likeness (QED) is 0.592. The van der Waals surface area contributed by atoms with Gasteiger partial charge in [0.05, 0.1) is 26.4 Å². The number of hydrogen-bond donors (Lipinski definition) is 2. The number of hydrazine groups is 1. The maximum Gasteiger partial charge on any atom is 0.279 e. The molecule has 0 bridgehead atoms. The number of carbonyl (C=O) groups excluding carboxylic acids is 2. The molecule has 0 unspecified atom stereocenters. The van der Waals surface area contributed by atoms with E-state index in [1.54, 1.807) is 6.07 Å². The van der Waals surface area contributed by atoms with Gasteiger partial charge in [-0.05, 0) is 36.8 Å². The van der Waals surface area contributed by atoms with Crippen LogP contribution in [0, 0.1) is 26.1 Å². The van der Waals surface area contributed by atoms with Crippen molar-refractivity contribution in [2.75, 3.05) is 0 Å². The van der Waals surface area contributed by atoms with Crippen molar-refractivity contribution in [2.24, 2.45) is 5.92 Å². The lowest BCUT2D eigenvalue weighted by atomic mass is 9.90. The van der Waals surface area contributed by atoms with Gasteiger partial charge in [0, 0.05) is 17.0 Å². The summed E-state index contributed by atoms with van der Waals surface area (Å²) in [5, 5.41) is 21.8. The number of carbonyl (C=O) groups is 2. The van der Waals surface area contributed by atoms with Crippen LogP contribution in [-0.2, 0) is 12.8 Å². The summed E-state index contributed by atoms with van der Waals surface area (Å²) in [6.45, 7) is 2.15. The molecule has 1 atom stereocenters. The molecule has 2 aromatic rings. The number of nitrogens with one attached hydrogen (secondary N) is 2. The highest BCUT2D eigenvalue weighted by molar-refractivity contribution is 7.14. The molecule has 0 aliphatic heterocycles. The average Bonchev–Trinajstić information content (AvgIpc) is 3.08. The number of benzene rings is 1. The Balaban J connectivity index is 1.71. The largest absolute Gasteiger partial charge is 0.279 e. The van der Waals surface area contributed by atoms with Gasteiger partial charge >= 0.3 is 0 Å². The first-order valence-corrected chi connectivity index (χ1v) is 9.22. The summed E-state index contributed by atoms with van der Waals surface area (Å²) >= 11 is 1.36. The fourth-order valence-corrected chi connectivity index (χ4v) is 4.11. The van der Waals surface area contributed by atoms with Crippen LogP contribution in [0.15, 0.2) is 24.3 Å². The number of thiophene rings is 1. The zero-order valence-electron chi connectivity index (χ0n) is 14.8. The molecular formula is C17H16N4O6S. The van der Waals surface area contributed by atoms with Crippen molar-refractivity contribution in [1.82, 2.24) is 10.9 Å². The Morgan fingerprint density at radius 2 is 1.64 bits per heavy atom. The second-order valence-electron chi connectivity index (χ2n) is 6.57. The van der Waals surface area contributed by atoms with Gasteiger partial charge in [-0.25, -0.2) is 0 Å². The van der Waals surface area contributed by atoms with E-state index in [1.807, 2.05) is 0 Å². The topological polar surface area (TPSA) is 144 Å². The molecule has 1 aromatic carbocycles. The molecule has 1 aliphatic rings. The average molecular weight is 404 g/mol. The lowest BCUT2D eigenvalue weighted by molar-refractivity contribution is -0.394. The second kappa shape index (κ2) is 7.72. The summed E-state index contributed by atoms with van der Waals surface area (Å²) in [6.07, 6.45) is 2.89. The van der Waals surface area contributed by atoms with Crippen molar-refractivity contribution in [3.63, 3.8) is 0 Å². The van der Waals surface area contributed by atoms with E-state index in [1.165, 1.54) is 11.3 Å². The van der Waals surface area contributed by atoms with Crippen LogP contribution in [0.5, 0.6) is 0 Å². The zero-order chi connectivity index (χ0) is 20.4. The van der Waals surface area contributed by atoms with E-state index in [-0.39, 0.29) is 5.56 Å². The third-order valence-corrected chi connectivity index (χ3v) is 5.66. The fourth-order valence-electron chi connectivity index (χ4n) is 3.00. The predicted molar refractivity (Wildman–Crippen MR) is 100 cm³/mol. The number of non-ortho nitro benzene ring substituents is 2. The summed E-state index contributed by atoms with van der Waals surface area (Å²) in [5.41, 5.74) is 4.03. The maximum atomic E-state index is 12.3. The van der Waals surface area contributed by atoms with Gasteiger partial charge in [0.25, 0.3) is 23.2 Å². The summed E-state index contributed by atoms with van der Waals surface area (Å²) in [5.74, 6) is -0.849. The Bertz CT molecular complexity index is 954. The van der Waals surface area contributed by atoms with Gasteiger partial charge in [0.2, 0.25) is 0 Å². The minimum absolute atomic E-state index is 0.305. The van der Waals surface area contributed by atoms with Crippen molar-refractivity contribution >= 4 is 34.5 Å². The number of nitrogens with zero attached hydrogens (tertiary/aromatic N) is 2. The first-order chi connectivity index (χ1) is 13.2. The van der Waals surface area contributed by atoms with Gasteiger partial charge in [-0.1, -0.05) is 6.92 Å². The standard InChI is InChI=1S/C17H16N4O6S/c1-9-2-3-14-10(4-9)7-15(28-14)17(23)19-18-16(22)11-5-12(20(24)25)8-13(6-11)21(26)27/h5-9H,2-4H2,1H3,(H,18,22)(H,19,23)/t9-/m0/s1. The number of hydrogen-bond acceptors (Lipinski definition) is 7. The highest BCUT2D eigenvalue weighted by atomic mass is 32.1. The van der Waals surface area contributed by atoms with Gasteiger partial charge in [0.15, 0.2) is 0 Å². The Morgan fingerprint density at radius 1 is 1.04 bits per heavy atom. The van der Waals surface area contributed by atoms with Crippen LogP contribution in [0.25, 0.3) is 0 Å². The van der Waals surface area contributed by atoms with E-state index in [0.717, 1.165) is 47.9 Å². The van der Waals surface area contributed by atoms with Crippen LogP contribution in [0.3, 0.4) is 0 Å². The molecule has 146 valence electrons. The lowest BCUT2D eigenvalue weighted by Crippen LogP contribution is -2.41. The summed E-state index contributed by atoms with van der Waals surface area (Å²) in [4.78, 5) is 46.2. The maximum absolute atomic E-state index is 12.3. The first-order valence-electron chi connectivity index (χ1n) is 8.40. The number of fused-ring (bicyclic) bond motifs is 1. The van der Waals surface area contributed by atoms with Crippen LogP contribution in [0.2, 0.25) is 0 Å². The number of nitro benzene ring substituents is 2. The molecule has 0 radical (unpaired) electrons. The van der Waals surface area contributed by atoms with E-state index < -0.39 is 33.0 Å². The molecule has 10 nitrogen and oxygen atoms in total. The third kappa shape index (κ3) is 4.14. The van der Waals surface area contributed by atoms with Crippen LogP contribution < -0.4 is 10.9 Å². The number of amides is 2. The Hall–Kier alpha value is -3.34. The molecule has 2 N–H and O–H groups in total. The molecule has 28 heavy (non-hydrogen) atoms. The number of nitro groups is 2. The Labute approximate surface area is 162 Å². The van der Waals surface area contributed by atoms with E-state index in [2.05, 4.69) is 17.8 Å². The van der Waals surface area contributed by atoms with E-state index in [4.69, 9.17) is 0 Å². The molecule has 1 aliphatic carbocycles.